The van der Waals surface area contributed by atoms with E-state index < -0.39 is 0 Å². The summed E-state index contributed by atoms with van der Waals surface area (Å²) in [5, 5.41) is 6.71. The molecule has 0 radical (unpaired) electrons. The van der Waals surface area contributed by atoms with Crippen molar-refractivity contribution in [1.82, 2.24) is 10.6 Å². The van der Waals surface area contributed by atoms with Gasteiger partial charge in [-0.25, -0.2) is 0 Å². The van der Waals surface area contributed by atoms with Crippen LogP contribution < -0.4 is 10.6 Å². The van der Waals surface area contributed by atoms with E-state index in [1.165, 1.54) is 21.6 Å². The molecule has 0 atom stereocenters. The number of nitrogens with one attached hydrogen (secondary N) is 2. The summed E-state index contributed by atoms with van der Waals surface area (Å²) in [6.45, 7) is 3.66. The van der Waals surface area contributed by atoms with Crippen molar-refractivity contribution in [3.63, 3.8) is 0 Å². The van der Waals surface area contributed by atoms with Gasteiger partial charge in [0.25, 0.3) is 0 Å². The molecule has 0 heterocycles. The maximum atomic E-state index is 4.28. The predicted molar refractivity (Wildman–Crippen MR) is 112 cm³/mol. The SMILES string of the molecule is CN=C(NCc1ccccc1)NCc1ccc(C)cc1SC.I. The van der Waals surface area contributed by atoms with Gasteiger partial charge in [-0.05, 0) is 35.9 Å². The standard InChI is InChI=1S/C18H23N3S.HI/c1-14-9-10-16(17(11-14)22-3)13-21-18(19-2)20-12-15-7-5-4-6-8-15;/h4-11H,12-13H2,1-3H3,(H2,19,20,21);1H. The van der Waals surface area contributed by atoms with E-state index >= 15 is 0 Å². The first-order chi connectivity index (χ1) is 10.7. The Morgan fingerprint density at radius 1 is 1.04 bits per heavy atom. The summed E-state index contributed by atoms with van der Waals surface area (Å²) in [5.41, 5.74) is 3.83. The van der Waals surface area contributed by atoms with Gasteiger partial charge in [-0.3, -0.25) is 4.99 Å². The van der Waals surface area contributed by atoms with Gasteiger partial charge in [-0.2, -0.15) is 0 Å². The fourth-order valence-corrected chi connectivity index (χ4v) is 2.89. The lowest BCUT2D eigenvalue weighted by atomic mass is 10.1. The third-order valence-corrected chi connectivity index (χ3v) is 4.24. The molecular weight excluding hydrogens is 417 g/mol. The molecule has 0 fully saturated rings. The molecule has 0 aliphatic rings. The number of rotatable bonds is 5. The summed E-state index contributed by atoms with van der Waals surface area (Å²) in [4.78, 5) is 5.59. The number of aliphatic imine (C=N–C) groups is 1. The van der Waals surface area contributed by atoms with Crippen LogP contribution in [-0.4, -0.2) is 19.3 Å². The van der Waals surface area contributed by atoms with Gasteiger partial charge in [0.15, 0.2) is 5.96 Å². The summed E-state index contributed by atoms with van der Waals surface area (Å²) in [6, 6.07) is 16.9. The Labute approximate surface area is 160 Å². The maximum absolute atomic E-state index is 4.28. The number of halogens is 1. The molecule has 23 heavy (non-hydrogen) atoms. The number of benzene rings is 2. The molecule has 0 saturated heterocycles. The molecule has 124 valence electrons. The van der Waals surface area contributed by atoms with E-state index in [0.717, 1.165) is 19.0 Å². The Hall–Kier alpha value is -1.21. The average Bonchev–Trinajstić information content (AvgIpc) is 2.56. The number of aryl methyl sites for hydroxylation is 1. The maximum Gasteiger partial charge on any atom is 0.191 e. The van der Waals surface area contributed by atoms with E-state index in [4.69, 9.17) is 0 Å². The molecule has 0 spiro atoms. The van der Waals surface area contributed by atoms with Crippen molar-refractivity contribution in [3.05, 3.63) is 65.2 Å². The van der Waals surface area contributed by atoms with Crippen molar-refractivity contribution in [3.8, 4) is 0 Å². The fraction of sp³-hybridized carbons (Fsp3) is 0.278. The monoisotopic (exact) mass is 441 g/mol. The lowest BCUT2D eigenvalue weighted by Crippen LogP contribution is -2.36. The van der Waals surface area contributed by atoms with Crippen LogP contribution in [0.5, 0.6) is 0 Å². The summed E-state index contributed by atoms with van der Waals surface area (Å²) in [7, 11) is 1.80. The van der Waals surface area contributed by atoms with Crippen LogP contribution in [0.1, 0.15) is 16.7 Å². The molecule has 0 aromatic heterocycles. The van der Waals surface area contributed by atoms with Crippen molar-refractivity contribution < 1.29 is 0 Å². The molecule has 2 N–H and O–H groups in total. The van der Waals surface area contributed by atoms with Gasteiger partial charge < -0.3 is 10.6 Å². The Kier molecular flexibility index (Phi) is 9.09. The van der Waals surface area contributed by atoms with Crippen LogP contribution in [0.15, 0.2) is 58.4 Å². The zero-order chi connectivity index (χ0) is 15.8. The number of guanidine groups is 1. The molecular formula is C18H24IN3S. The van der Waals surface area contributed by atoms with E-state index in [1.54, 1.807) is 18.8 Å². The van der Waals surface area contributed by atoms with E-state index in [-0.39, 0.29) is 24.0 Å². The van der Waals surface area contributed by atoms with E-state index in [2.05, 4.69) is 59.1 Å². The predicted octanol–water partition coefficient (Wildman–Crippen LogP) is 4.20. The third-order valence-electron chi connectivity index (χ3n) is 3.42. The fourth-order valence-electron chi connectivity index (χ4n) is 2.18. The molecule has 0 aliphatic heterocycles. The molecule has 2 aromatic rings. The zero-order valence-corrected chi connectivity index (χ0v) is 16.9. The molecule has 5 heteroatoms. The molecule has 2 rings (SSSR count). The van der Waals surface area contributed by atoms with Gasteiger partial charge in [-0.15, -0.1) is 35.7 Å². The van der Waals surface area contributed by atoms with Crippen molar-refractivity contribution in [2.24, 2.45) is 4.99 Å². The molecule has 0 amide bonds. The van der Waals surface area contributed by atoms with Crippen LogP contribution in [0.4, 0.5) is 0 Å². The quantitative estimate of drug-likeness (QED) is 0.316. The second kappa shape index (κ2) is 10.5. The highest BCUT2D eigenvalue weighted by Crippen LogP contribution is 2.21. The topological polar surface area (TPSA) is 36.4 Å². The zero-order valence-electron chi connectivity index (χ0n) is 13.8. The Bertz CT molecular complexity index is 629. The normalized spacial score (nSPS) is 10.8. The highest BCUT2D eigenvalue weighted by atomic mass is 127. The minimum absolute atomic E-state index is 0. The van der Waals surface area contributed by atoms with E-state index in [0.29, 0.717) is 0 Å². The Morgan fingerprint density at radius 3 is 2.39 bits per heavy atom. The molecule has 0 unspecified atom stereocenters. The second-order valence-electron chi connectivity index (χ2n) is 5.08. The highest BCUT2D eigenvalue weighted by Gasteiger charge is 2.03. The average molecular weight is 441 g/mol. The minimum Gasteiger partial charge on any atom is -0.352 e. The van der Waals surface area contributed by atoms with Crippen LogP contribution >= 0.6 is 35.7 Å². The van der Waals surface area contributed by atoms with Crippen LogP contribution in [-0.2, 0) is 13.1 Å². The largest absolute Gasteiger partial charge is 0.352 e. The van der Waals surface area contributed by atoms with Crippen molar-refractivity contribution in [2.45, 2.75) is 24.9 Å². The smallest absolute Gasteiger partial charge is 0.191 e. The van der Waals surface area contributed by atoms with E-state index in [1.807, 2.05) is 18.2 Å². The summed E-state index contributed by atoms with van der Waals surface area (Å²) in [5.74, 6) is 0.816. The van der Waals surface area contributed by atoms with Gasteiger partial charge in [0.1, 0.15) is 0 Å². The molecule has 2 aromatic carbocycles. The van der Waals surface area contributed by atoms with Crippen molar-refractivity contribution >= 4 is 41.7 Å². The van der Waals surface area contributed by atoms with Gasteiger partial charge in [0.2, 0.25) is 0 Å². The molecule has 0 bridgehead atoms. The van der Waals surface area contributed by atoms with Gasteiger partial charge in [0.05, 0.1) is 0 Å². The highest BCUT2D eigenvalue weighted by molar-refractivity contribution is 14.0. The first-order valence-corrected chi connectivity index (χ1v) is 8.57. The number of hydrogen-bond acceptors (Lipinski definition) is 2. The lowest BCUT2D eigenvalue weighted by molar-refractivity contribution is 0.801. The number of nitrogens with zero attached hydrogens (tertiary/aromatic N) is 1. The van der Waals surface area contributed by atoms with Crippen LogP contribution in [0, 0.1) is 6.92 Å². The van der Waals surface area contributed by atoms with Gasteiger partial charge >= 0.3 is 0 Å². The van der Waals surface area contributed by atoms with Crippen LogP contribution in [0.2, 0.25) is 0 Å². The number of hydrogen-bond donors (Lipinski definition) is 2. The van der Waals surface area contributed by atoms with E-state index in [9.17, 15) is 0 Å². The minimum atomic E-state index is 0. The molecule has 3 nitrogen and oxygen atoms in total. The summed E-state index contributed by atoms with van der Waals surface area (Å²) in [6.07, 6.45) is 2.11. The van der Waals surface area contributed by atoms with Gasteiger partial charge in [0, 0.05) is 25.0 Å². The first kappa shape index (κ1) is 19.8. The van der Waals surface area contributed by atoms with Crippen molar-refractivity contribution in [2.75, 3.05) is 13.3 Å². The molecule has 0 aliphatic carbocycles. The number of thioether (sulfide) groups is 1. The lowest BCUT2D eigenvalue weighted by Gasteiger charge is -2.14. The third kappa shape index (κ3) is 6.43. The summed E-state index contributed by atoms with van der Waals surface area (Å²) < 4.78 is 0. The van der Waals surface area contributed by atoms with Crippen molar-refractivity contribution in [1.29, 1.82) is 0 Å². The molecule has 0 saturated carbocycles. The van der Waals surface area contributed by atoms with Crippen LogP contribution in [0.3, 0.4) is 0 Å². The second-order valence-corrected chi connectivity index (χ2v) is 5.93. The Balaban J connectivity index is 0.00000264. The Morgan fingerprint density at radius 2 is 1.74 bits per heavy atom. The van der Waals surface area contributed by atoms with Crippen LogP contribution in [0.25, 0.3) is 0 Å². The van der Waals surface area contributed by atoms with Gasteiger partial charge in [-0.1, -0.05) is 42.5 Å². The summed E-state index contributed by atoms with van der Waals surface area (Å²) >= 11 is 1.78. The first-order valence-electron chi connectivity index (χ1n) is 7.35.